The molecule has 0 aliphatic heterocycles. The maximum atomic E-state index is 12.4. The molecule has 3 aromatic rings. The summed E-state index contributed by atoms with van der Waals surface area (Å²) in [5.41, 5.74) is -0.0297. The van der Waals surface area contributed by atoms with Gasteiger partial charge in [0.05, 0.1) is 28.2 Å². The Bertz CT molecular complexity index is 1120. The van der Waals surface area contributed by atoms with Gasteiger partial charge in [-0.3, -0.25) is 14.9 Å². The zero-order valence-corrected chi connectivity index (χ0v) is 17.0. The Balaban J connectivity index is 1.77. The third-order valence-corrected chi connectivity index (χ3v) is 4.81. The molecule has 1 aromatic heterocycles. The molecular formula is C18H11BrCl2N4O3. The summed E-state index contributed by atoms with van der Waals surface area (Å²) in [6.07, 6.45) is 1.21. The van der Waals surface area contributed by atoms with Crippen LogP contribution in [0.1, 0.15) is 10.4 Å². The van der Waals surface area contributed by atoms with E-state index in [9.17, 15) is 14.4 Å². The molecule has 0 atom stereocenters. The van der Waals surface area contributed by atoms with E-state index in [-0.39, 0.29) is 21.3 Å². The maximum absolute atomic E-state index is 12.4. The molecule has 2 N–H and O–H groups in total. The maximum Gasteiger partial charge on any atom is 0.326 e. The molecule has 0 unspecified atom stereocenters. The van der Waals surface area contributed by atoms with Crippen molar-refractivity contribution in [2.24, 2.45) is 0 Å². The van der Waals surface area contributed by atoms with Crippen LogP contribution in [0.2, 0.25) is 10.0 Å². The average Bonchev–Trinajstić information content (AvgIpc) is 2.67. The zero-order valence-electron chi connectivity index (χ0n) is 13.9. The summed E-state index contributed by atoms with van der Waals surface area (Å²) in [6.45, 7) is 0. The smallest absolute Gasteiger partial charge is 0.305 e. The van der Waals surface area contributed by atoms with Gasteiger partial charge in [0.2, 0.25) is 0 Å². The van der Waals surface area contributed by atoms with Gasteiger partial charge in [-0.15, -0.1) is 0 Å². The van der Waals surface area contributed by atoms with E-state index < -0.39 is 17.5 Å². The molecule has 0 bridgehead atoms. The summed E-state index contributed by atoms with van der Waals surface area (Å²) in [7, 11) is 0. The van der Waals surface area contributed by atoms with Crippen molar-refractivity contribution in [2.45, 2.75) is 0 Å². The van der Waals surface area contributed by atoms with Crippen LogP contribution in [0, 0.1) is 0 Å². The molecule has 2 aromatic carbocycles. The number of hydrogen-bond acceptors (Lipinski definition) is 4. The second kappa shape index (κ2) is 8.55. The van der Waals surface area contributed by atoms with Gasteiger partial charge in [-0.1, -0.05) is 51.3 Å². The molecule has 0 fully saturated rings. The van der Waals surface area contributed by atoms with Crippen molar-refractivity contribution < 1.29 is 9.59 Å². The van der Waals surface area contributed by atoms with E-state index in [1.807, 2.05) is 0 Å². The summed E-state index contributed by atoms with van der Waals surface area (Å²) >= 11 is 15.3. The first-order chi connectivity index (χ1) is 13.4. The summed E-state index contributed by atoms with van der Waals surface area (Å²) < 4.78 is 1.93. The Morgan fingerprint density at radius 1 is 1.04 bits per heavy atom. The lowest BCUT2D eigenvalue weighted by Crippen LogP contribution is -2.35. The van der Waals surface area contributed by atoms with Gasteiger partial charge in [0, 0.05) is 4.47 Å². The van der Waals surface area contributed by atoms with Crippen molar-refractivity contribution in [2.75, 3.05) is 5.32 Å². The highest BCUT2D eigenvalue weighted by Gasteiger charge is 2.16. The second-order valence-corrected chi connectivity index (χ2v) is 7.15. The number of benzene rings is 2. The highest BCUT2D eigenvalue weighted by Crippen LogP contribution is 2.18. The number of amides is 3. The van der Waals surface area contributed by atoms with E-state index >= 15 is 0 Å². The monoisotopic (exact) mass is 480 g/mol. The van der Waals surface area contributed by atoms with Crippen LogP contribution >= 0.6 is 39.1 Å². The number of urea groups is 1. The van der Waals surface area contributed by atoms with E-state index in [1.165, 1.54) is 18.3 Å². The van der Waals surface area contributed by atoms with E-state index in [4.69, 9.17) is 23.2 Å². The molecule has 0 saturated carbocycles. The molecule has 7 nitrogen and oxygen atoms in total. The lowest BCUT2D eigenvalue weighted by Gasteiger charge is -2.10. The first-order valence-corrected chi connectivity index (χ1v) is 9.32. The number of aromatic nitrogens is 2. The van der Waals surface area contributed by atoms with Gasteiger partial charge in [0.15, 0.2) is 0 Å². The van der Waals surface area contributed by atoms with Crippen LogP contribution in [0.15, 0.2) is 64.0 Å². The van der Waals surface area contributed by atoms with Crippen LogP contribution in [0.25, 0.3) is 5.69 Å². The fraction of sp³-hybridized carbons (Fsp3) is 0. The van der Waals surface area contributed by atoms with Crippen LogP contribution in [-0.2, 0) is 0 Å². The number of anilines is 1. The molecule has 3 rings (SSSR count). The quantitative estimate of drug-likeness (QED) is 0.584. The minimum atomic E-state index is -0.880. The fourth-order valence-corrected chi connectivity index (χ4v) is 2.92. The van der Waals surface area contributed by atoms with Crippen molar-refractivity contribution in [3.63, 3.8) is 0 Å². The number of imide groups is 1. The number of carbonyl (C=O) groups is 2. The fourth-order valence-electron chi connectivity index (χ4n) is 2.26. The van der Waals surface area contributed by atoms with Gasteiger partial charge >= 0.3 is 6.03 Å². The summed E-state index contributed by atoms with van der Waals surface area (Å²) in [6, 6.07) is 12.2. The first kappa shape index (κ1) is 20.1. The van der Waals surface area contributed by atoms with Crippen LogP contribution in [-0.4, -0.2) is 21.7 Å². The molecule has 1 heterocycles. The number of rotatable bonds is 3. The van der Waals surface area contributed by atoms with Gasteiger partial charge in [-0.2, -0.15) is 9.78 Å². The minimum absolute atomic E-state index is 0.0375. The van der Waals surface area contributed by atoms with E-state index in [0.29, 0.717) is 5.69 Å². The first-order valence-electron chi connectivity index (χ1n) is 7.77. The average molecular weight is 482 g/mol. The number of carbonyl (C=O) groups excluding carboxylic acids is 2. The largest absolute Gasteiger partial charge is 0.326 e. The van der Waals surface area contributed by atoms with E-state index in [1.54, 1.807) is 36.4 Å². The SMILES string of the molecule is O=C(NC(=O)c1ccccc1Cl)Nc1cnn(-c2ccc(Br)cc2)c(=O)c1Cl. The van der Waals surface area contributed by atoms with Gasteiger partial charge in [0.1, 0.15) is 5.02 Å². The summed E-state index contributed by atoms with van der Waals surface area (Å²) in [4.78, 5) is 36.6. The van der Waals surface area contributed by atoms with Crippen LogP contribution in [0.3, 0.4) is 0 Å². The van der Waals surface area contributed by atoms with Gasteiger partial charge in [-0.25, -0.2) is 4.79 Å². The molecule has 28 heavy (non-hydrogen) atoms. The Morgan fingerprint density at radius 3 is 2.39 bits per heavy atom. The molecule has 0 aliphatic carbocycles. The number of nitrogens with one attached hydrogen (secondary N) is 2. The summed E-state index contributed by atoms with van der Waals surface area (Å²) in [5, 5.41) is 8.39. The molecule has 0 aliphatic rings. The molecular weight excluding hydrogens is 471 g/mol. The second-order valence-electron chi connectivity index (χ2n) is 5.45. The van der Waals surface area contributed by atoms with Gasteiger partial charge < -0.3 is 5.32 Å². The Hall–Kier alpha value is -2.68. The van der Waals surface area contributed by atoms with Gasteiger partial charge in [-0.05, 0) is 36.4 Å². The molecule has 0 radical (unpaired) electrons. The van der Waals surface area contributed by atoms with Crippen LogP contribution < -0.4 is 16.2 Å². The van der Waals surface area contributed by atoms with Gasteiger partial charge in [0.25, 0.3) is 11.5 Å². The standard InChI is InChI=1S/C18H11BrCl2N4O3/c19-10-5-7-11(8-6-10)25-17(27)15(21)14(9-22-25)23-18(28)24-16(26)12-3-1-2-4-13(12)20/h1-9H,(H2,23,24,26,28). The Labute approximate surface area is 177 Å². The van der Waals surface area contributed by atoms with Crippen LogP contribution in [0.5, 0.6) is 0 Å². The predicted octanol–water partition coefficient (Wildman–Crippen LogP) is 4.26. The summed E-state index contributed by atoms with van der Waals surface area (Å²) in [5.74, 6) is -0.699. The van der Waals surface area contributed by atoms with Crippen molar-refractivity contribution in [1.29, 1.82) is 0 Å². The normalized spacial score (nSPS) is 10.4. The minimum Gasteiger partial charge on any atom is -0.305 e. The lowest BCUT2D eigenvalue weighted by molar-refractivity contribution is 0.0967. The molecule has 10 heteroatoms. The van der Waals surface area contributed by atoms with Crippen molar-refractivity contribution in [1.82, 2.24) is 15.1 Å². The number of halogens is 3. The molecule has 3 amide bonds. The third kappa shape index (κ3) is 4.41. The van der Waals surface area contributed by atoms with Crippen molar-refractivity contribution >= 4 is 56.8 Å². The van der Waals surface area contributed by atoms with Crippen molar-refractivity contribution in [3.8, 4) is 5.69 Å². The Morgan fingerprint density at radius 2 is 1.71 bits per heavy atom. The Kier molecular flexibility index (Phi) is 6.13. The van der Waals surface area contributed by atoms with Crippen molar-refractivity contribution in [3.05, 3.63) is 85.2 Å². The van der Waals surface area contributed by atoms with Crippen LogP contribution in [0.4, 0.5) is 10.5 Å². The third-order valence-electron chi connectivity index (χ3n) is 3.58. The molecule has 0 spiro atoms. The number of hydrogen-bond donors (Lipinski definition) is 2. The van der Waals surface area contributed by atoms with E-state index in [0.717, 1.165) is 9.15 Å². The number of nitrogens with zero attached hydrogens (tertiary/aromatic N) is 2. The topological polar surface area (TPSA) is 93.1 Å². The predicted molar refractivity (Wildman–Crippen MR) is 110 cm³/mol. The lowest BCUT2D eigenvalue weighted by atomic mass is 10.2. The molecule has 0 saturated heterocycles. The molecule has 142 valence electrons. The highest BCUT2D eigenvalue weighted by atomic mass is 79.9. The zero-order chi connectivity index (χ0) is 20.3. The van der Waals surface area contributed by atoms with E-state index in [2.05, 4.69) is 31.7 Å². The highest BCUT2D eigenvalue weighted by molar-refractivity contribution is 9.10.